The van der Waals surface area contributed by atoms with Crippen molar-refractivity contribution >= 4 is 41.5 Å². The maximum Gasteiger partial charge on any atom is 4.00 e. The van der Waals surface area contributed by atoms with E-state index in [0.717, 1.165) is 77.0 Å². The van der Waals surface area contributed by atoms with Crippen LogP contribution in [0.15, 0.2) is 0 Å². The predicted molar refractivity (Wildman–Crippen MR) is 269 cm³/mol. The van der Waals surface area contributed by atoms with Gasteiger partial charge in [-0.2, -0.15) is 0 Å². The molecule has 0 saturated carbocycles. The summed E-state index contributed by atoms with van der Waals surface area (Å²) in [5, 5.41) is 46.1. The summed E-state index contributed by atoms with van der Waals surface area (Å²) < 4.78 is 0. The summed E-state index contributed by atoms with van der Waals surface area (Å²) in [7, 11) is 0. The van der Waals surface area contributed by atoms with Crippen LogP contribution in [0.25, 0.3) is 0 Å². The van der Waals surface area contributed by atoms with Crippen molar-refractivity contribution in [1.82, 2.24) is 0 Å². The molecule has 0 saturated heterocycles. The minimum atomic E-state index is -0.858. The average Bonchev–Trinajstić information content (AvgIpc) is 3.01. The summed E-state index contributed by atoms with van der Waals surface area (Å²) in [6.45, 7) is 50.0. The molecule has 0 rings (SSSR count). The minimum Gasteiger partial charge on any atom is -0.550 e. The molecular formula is C56H108GeO8. The topological polar surface area (TPSA) is 161 Å². The monoisotopic (exact) mass is 983 g/mol. The van der Waals surface area contributed by atoms with Crippen LogP contribution in [0.3, 0.4) is 0 Å². The number of carbonyl (C=O) groups is 4. The van der Waals surface area contributed by atoms with Crippen molar-refractivity contribution < 1.29 is 39.6 Å². The van der Waals surface area contributed by atoms with Crippen molar-refractivity contribution in [1.29, 1.82) is 0 Å². The van der Waals surface area contributed by atoms with Gasteiger partial charge in [0, 0.05) is 45.5 Å². The van der Waals surface area contributed by atoms with Crippen LogP contribution in [0, 0.1) is 92.7 Å². The molecule has 0 aliphatic heterocycles. The van der Waals surface area contributed by atoms with E-state index in [1.54, 1.807) is 0 Å². The van der Waals surface area contributed by atoms with Crippen LogP contribution in [-0.4, -0.2) is 41.5 Å². The maximum absolute atomic E-state index is 11.5. The number of rotatable bonds is 28. The number of carbonyl (C=O) groups excluding carboxylic acids is 4. The van der Waals surface area contributed by atoms with E-state index in [9.17, 15) is 39.6 Å². The van der Waals surface area contributed by atoms with Gasteiger partial charge in [0.15, 0.2) is 0 Å². The molecule has 0 spiro atoms. The van der Waals surface area contributed by atoms with E-state index in [2.05, 4.69) is 166 Å². The summed E-state index contributed by atoms with van der Waals surface area (Å²) in [5.41, 5.74) is -2.51. The standard InChI is InChI=1S/4C14H28O2.Ge/c4*1-10(2)7-14(13(15)16,8-11(3)4)9-12(5)6;/h4*10-12H,7-9H2,1-6H3,(H,15,16);/q;;;;+4/p-4. The molecule has 0 radical (unpaired) electrons. The van der Waals surface area contributed by atoms with Gasteiger partial charge in [-0.3, -0.25) is 0 Å². The first-order valence-electron chi connectivity index (χ1n) is 25.6. The van der Waals surface area contributed by atoms with E-state index < -0.39 is 45.5 Å². The molecule has 0 bridgehead atoms. The summed E-state index contributed by atoms with van der Waals surface area (Å²) >= 11 is 0. The maximum atomic E-state index is 11.5. The first-order chi connectivity index (χ1) is 28.8. The van der Waals surface area contributed by atoms with Gasteiger partial charge in [0.1, 0.15) is 0 Å². The van der Waals surface area contributed by atoms with Gasteiger partial charge in [-0.05, 0) is 148 Å². The Bertz CT molecular complexity index is 960. The SMILES string of the molecule is CC(C)CC(CC(C)C)(CC(C)C)C(=O)[O-].CC(C)CC(CC(C)C)(CC(C)C)C(=O)[O-].CC(C)CC(CC(C)C)(CC(C)C)C(=O)[O-].CC(C)CC(CC(C)C)(CC(C)C)C(=O)[O-].[Ge+4]. The zero-order valence-electron chi connectivity index (χ0n) is 47.2. The van der Waals surface area contributed by atoms with E-state index in [1.807, 2.05) is 0 Å². The summed E-state index contributed by atoms with van der Waals surface area (Å²) in [6, 6.07) is 0. The Labute approximate surface area is 415 Å². The molecule has 9 heteroatoms. The third-order valence-corrected chi connectivity index (χ3v) is 11.3. The Morgan fingerprint density at radius 3 is 0.323 bits per heavy atom. The quantitative estimate of drug-likeness (QED) is 0.0700. The van der Waals surface area contributed by atoms with Gasteiger partial charge in [-0.1, -0.05) is 166 Å². The van der Waals surface area contributed by atoms with Crippen LogP contribution in [0.4, 0.5) is 0 Å². The molecule has 65 heavy (non-hydrogen) atoms. The zero-order valence-corrected chi connectivity index (χ0v) is 49.3. The van der Waals surface area contributed by atoms with Gasteiger partial charge in [-0.15, -0.1) is 0 Å². The Morgan fingerprint density at radius 2 is 0.292 bits per heavy atom. The summed E-state index contributed by atoms with van der Waals surface area (Å²) in [5.74, 6) is 1.35. The molecule has 0 amide bonds. The molecule has 0 unspecified atom stereocenters. The Hall–Kier alpha value is -1.58. The fraction of sp³-hybridized carbons (Fsp3) is 0.929. The fourth-order valence-electron chi connectivity index (χ4n) is 11.4. The van der Waals surface area contributed by atoms with Gasteiger partial charge in [-0.25, -0.2) is 0 Å². The molecule has 0 aliphatic rings. The molecule has 0 N–H and O–H groups in total. The Kier molecular flexibility index (Phi) is 38.6. The summed E-state index contributed by atoms with van der Waals surface area (Å²) in [6.07, 6.45) is 8.73. The van der Waals surface area contributed by atoms with E-state index in [-0.39, 0.29) is 17.6 Å². The molecule has 0 aromatic carbocycles. The average molecular weight is 982 g/mol. The minimum absolute atomic E-state index is 0. The molecule has 0 fully saturated rings. The second kappa shape index (κ2) is 34.7. The van der Waals surface area contributed by atoms with Crippen molar-refractivity contribution in [3.05, 3.63) is 0 Å². The van der Waals surface area contributed by atoms with Gasteiger partial charge < -0.3 is 39.6 Å². The fourth-order valence-corrected chi connectivity index (χ4v) is 11.4. The molecule has 0 atom stereocenters. The van der Waals surface area contributed by atoms with Gasteiger partial charge in [0.2, 0.25) is 0 Å². The van der Waals surface area contributed by atoms with Crippen molar-refractivity contribution in [3.8, 4) is 0 Å². The number of aliphatic carboxylic acids is 4. The molecule has 0 aromatic rings. The first-order valence-corrected chi connectivity index (χ1v) is 25.6. The number of hydrogen-bond donors (Lipinski definition) is 0. The van der Waals surface area contributed by atoms with Crippen LogP contribution < -0.4 is 20.4 Å². The second-order valence-electron chi connectivity index (χ2n) is 25.4. The second-order valence-corrected chi connectivity index (χ2v) is 25.4. The van der Waals surface area contributed by atoms with Crippen molar-refractivity contribution in [2.24, 2.45) is 92.7 Å². The van der Waals surface area contributed by atoms with E-state index >= 15 is 0 Å². The van der Waals surface area contributed by atoms with Crippen molar-refractivity contribution in [2.45, 2.75) is 243 Å². The van der Waals surface area contributed by atoms with Crippen LogP contribution in [0.1, 0.15) is 243 Å². The van der Waals surface area contributed by atoms with Crippen LogP contribution in [-0.2, 0) is 19.2 Å². The largest absolute Gasteiger partial charge is 4.00 e. The zero-order chi connectivity index (χ0) is 51.7. The molecular weight excluding hydrogens is 873 g/mol. The van der Waals surface area contributed by atoms with E-state index in [1.165, 1.54) is 0 Å². The number of carboxylic acids is 4. The van der Waals surface area contributed by atoms with Gasteiger partial charge >= 0.3 is 17.6 Å². The molecule has 0 aliphatic carbocycles. The molecule has 0 aromatic heterocycles. The molecule has 0 heterocycles. The summed E-state index contributed by atoms with van der Waals surface area (Å²) in [4.78, 5) is 46.1. The van der Waals surface area contributed by atoms with Crippen LogP contribution >= 0.6 is 0 Å². The van der Waals surface area contributed by atoms with Crippen molar-refractivity contribution in [2.75, 3.05) is 0 Å². The van der Waals surface area contributed by atoms with Gasteiger partial charge in [0.05, 0.1) is 0 Å². The third-order valence-electron chi connectivity index (χ3n) is 11.3. The smallest absolute Gasteiger partial charge is 0.550 e. The Balaban J connectivity index is -0.000000245. The Morgan fingerprint density at radius 1 is 0.231 bits per heavy atom. The molecule has 384 valence electrons. The van der Waals surface area contributed by atoms with Crippen LogP contribution in [0.2, 0.25) is 0 Å². The normalized spacial score (nSPS) is 12.6. The number of hydrogen-bond acceptors (Lipinski definition) is 8. The predicted octanol–water partition coefficient (Wildman–Crippen LogP) is 11.1. The first kappa shape index (κ1) is 72.4. The number of carboxylic acid groups (broad SMARTS) is 4. The van der Waals surface area contributed by atoms with Crippen molar-refractivity contribution in [3.63, 3.8) is 0 Å². The van der Waals surface area contributed by atoms with E-state index in [4.69, 9.17) is 0 Å². The molecule has 8 nitrogen and oxygen atoms in total. The van der Waals surface area contributed by atoms with Gasteiger partial charge in [0.25, 0.3) is 0 Å². The van der Waals surface area contributed by atoms with Crippen LogP contribution in [0.5, 0.6) is 0 Å². The third kappa shape index (κ3) is 33.5. The van der Waals surface area contributed by atoms with E-state index in [0.29, 0.717) is 71.0 Å².